The minimum atomic E-state index is -0.0182. The first-order valence-electron chi connectivity index (χ1n) is 5.13. The molecule has 1 heterocycles. The first kappa shape index (κ1) is 11.8. The number of nitrogen functional groups attached to an aromatic ring is 2. The van der Waals surface area contributed by atoms with E-state index in [1.807, 2.05) is 6.07 Å². The molecule has 0 fully saturated rings. The fraction of sp³-hybridized carbons (Fsp3) is 0.182. The first-order valence-corrected chi connectivity index (χ1v) is 5.51. The lowest BCUT2D eigenvalue weighted by Crippen LogP contribution is -2.03. The second kappa shape index (κ2) is 4.65. The van der Waals surface area contributed by atoms with Crippen molar-refractivity contribution in [2.45, 2.75) is 6.42 Å². The molecule has 2 rings (SSSR count). The molecule has 5 nitrogen and oxygen atoms in total. The van der Waals surface area contributed by atoms with E-state index in [0.717, 1.165) is 5.69 Å². The summed E-state index contributed by atoms with van der Waals surface area (Å²) >= 11 is 5.90. The van der Waals surface area contributed by atoms with Crippen molar-refractivity contribution in [2.24, 2.45) is 0 Å². The second-order valence-corrected chi connectivity index (χ2v) is 4.05. The van der Waals surface area contributed by atoms with Crippen LogP contribution in [0.5, 0.6) is 0 Å². The number of benzene rings is 1. The third kappa shape index (κ3) is 2.20. The number of nitrogens with zero attached hydrogens (tertiary/aromatic N) is 2. The van der Waals surface area contributed by atoms with Gasteiger partial charge in [0.15, 0.2) is 5.82 Å². The van der Waals surface area contributed by atoms with Crippen molar-refractivity contribution in [1.82, 2.24) is 9.78 Å². The Bertz CT molecular complexity index is 538. The molecule has 0 saturated heterocycles. The van der Waals surface area contributed by atoms with Crippen molar-refractivity contribution in [3.8, 4) is 5.69 Å². The van der Waals surface area contributed by atoms with Crippen LogP contribution in [0.1, 0.15) is 5.56 Å². The zero-order valence-corrected chi connectivity index (χ0v) is 9.85. The Morgan fingerprint density at radius 3 is 2.76 bits per heavy atom. The van der Waals surface area contributed by atoms with Gasteiger partial charge in [-0.25, -0.2) is 4.68 Å². The maximum Gasteiger partial charge on any atom is 0.151 e. The molecule has 90 valence electrons. The van der Waals surface area contributed by atoms with Crippen LogP contribution in [0.15, 0.2) is 24.3 Å². The monoisotopic (exact) mass is 252 g/mol. The lowest BCUT2D eigenvalue weighted by atomic mass is 10.2. The second-order valence-electron chi connectivity index (χ2n) is 3.61. The standard InChI is InChI=1S/C11H13ClN4O/c12-7-2-1-3-8(6-7)16-11(14)9(4-5-17)10(13)15-16/h1-3,6,17H,4-5,14H2,(H2,13,15). The van der Waals surface area contributed by atoms with Crippen LogP contribution in [-0.2, 0) is 6.42 Å². The molecule has 0 amide bonds. The van der Waals surface area contributed by atoms with E-state index < -0.39 is 0 Å². The number of aliphatic hydroxyl groups excluding tert-OH is 1. The largest absolute Gasteiger partial charge is 0.396 e. The molecule has 0 aliphatic heterocycles. The maximum atomic E-state index is 8.92. The predicted octanol–water partition coefficient (Wildman–Crippen LogP) is 1.22. The molecule has 0 spiro atoms. The summed E-state index contributed by atoms with van der Waals surface area (Å²) in [5.41, 5.74) is 13.1. The predicted molar refractivity (Wildman–Crippen MR) is 68.2 cm³/mol. The van der Waals surface area contributed by atoms with Gasteiger partial charge in [-0.05, 0) is 18.2 Å². The minimum Gasteiger partial charge on any atom is -0.396 e. The Balaban J connectivity index is 2.50. The van der Waals surface area contributed by atoms with Crippen LogP contribution in [0.3, 0.4) is 0 Å². The number of nitrogens with two attached hydrogens (primary N) is 2. The molecule has 1 aromatic carbocycles. The van der Waals surface area contributed by atoms with E-state index in [-0.39, 0.29) is 6.61 Å². The number of aliphatic hydroxyl groups is 1. The van der Waals surface area contributed by atoms with E-state index in [0.29, 0.717) is 28.6 Å². The van der Waals surface area contributed by atoms with Gasteiger partial charge in [0.2, 0.25) is 0 Å². The van der Waals surface area contributed by atoms with Crippen molar-refractivity contribution in [2.75, 3.05) is 18.1 Å². The lowest BCUT2D eigenvalue weighted by molar-refractivity contribution is 0.300. The Kier molecular flexibility index (Phi) is 3.21. The lowest BCUT2D eigenvalue weighted by Gasteiger charge is -2.04. The van der Waals surface area contributed by atoms with Crippen LogP contribution in [0.25, 0.3) is 5.69 Å². The van der Waals surface area contributed by atoms with Crippen molar-refractivity contribution < 1.29 is 5.11 Å². The number of hydrogen-bond donors (Lipinski definition) is 3. The Morgan fingerprint density at radius 2 is 2.12 bits per heavy atom. The zero-order valence-electron chi connectivity index (χ0n) is 9.10. The van der Waals surface area contributed by atoms with Crippen LogP contribution in [0, 0.1) is 0 Å². The molecule has 6 heteroatoms. The Morgan fingerprint density at radius 1 is 1.35 bits per heavy atom. The van der Waals surface area contributed by atoms with E-state index in [1.54, 1.807) is 18.2 Å². The SMILES string of the molecule is Nc1nn(-c2cccc(Cl)c2)c(N)c1CCO. The smallest absolute Gasteiger partial charge is 0.151 e. The molecule has 0 aliphatic carbocycles. The zero-order chi connectivity index (χ0) is 12.4. The number of hydrogen-bond acceptors (Lipinski definition) is 4. The van der Waals surface area contributed by atoms with Gasteiger partial charge in [0.25, 0.3) is 0 Å². The molecule has 0 saturated carbocycles. The molecule has 17 heavy (non-hydrogen) atoms. The highest BCUT2D eigenvalue weighted by Gasteiger charge is 2.13. The topological polar surface area (TPSA) is 90.1 Å². The van der Waals surface area contributed by atoms with Gasteiger partial charge in [0, 0.05) is 23.6 Å². The van der Waals surface area contributed by atoms with Gasteiger partial charge in [0.1, 0.15) is 5.82 Å². The van der Waals surface area contributed by atoms with Crippen LogP contribution in [-0.4, -0.2) is 21.5 Å². The summed E-state index contributed by atoms with van der Waals surface area (Å²) in [6.45, 7) is -0.0182. The fourth-order valence-corrected chi connectivity index (χ4v) is 1.84. The summed E-state index contributed by atoms with van der Waals surface area (Å²) in [6, 6.07) is 7.15. The summed E-state index contributed by atoms with van der Waals surface area (Å²) in [7, 11) is 0. The minimum absolute atomic E-state index is 0.0182. The summed E-state index contributed by atoms with van der Waals surface area (Å²) in [6.07, 6.45) is 0.387. The van der Waals surface area contributed by atoms with Gasteiger partial charge in [-0.2, -0.15) is 0 Å². The average Bonchev–Trinajstić information content (AvgIpc) is 2.57. The van der Waals surface area contributed by atoms with Gasteiger partial charge < -0.3 is 16.6 Å². The fourth-order valence-electron chi connectivity index (χ4n) is 1.65. The number of halogens is 1. The third-order valence-corrected chi connectivity index (χ3v) is 2.70. The van der Waals surface area contributed by atoms with Gasteiger partial charge in [-0.1, -0.05) is 17.7 Å². The highest BCUT2D eigenvalue weighted by atomic mass is 35.5. The summed E-state index contributed by atoms with van der Waals surface area (Å²) in [5.74, 6) is 0.760. The van der Waals surface area contributed by atoms with Gasteiger partial charge in [-0.3, -0.25) is 0 Å². The molecular formula is C11H13ClN4O. The van der Waals surface area contributed by atoms with E-state index in [2.05, 4.69) is 5.10 Å². The molecule has 0 aliphatic rings. The molecular weight excluding hydrogens is 240 g/mol. The first-order chi connectivity index (χ1) is 8.13. The van der Waals surface area contributed by atoms with Gasteiger partial charge in [-0.15, -0.1) is 5.10 Å². The average molecular weight is 253 g/mol. The van der Waals surface area contributed by atoms with Crippen molar-refractivity contribution >= 4 is 23.2 Å². The number of anilines is 2. The molecule has 0 unspecified atom stereocenters. The van der Waals surface area contributed by atoms with Crippen LogP contribution >= 0.6 is 11.6 Å². The van der Waals surface area contributed by atoms with Crippen molar-refractivity contribution in [1.29, 1.82) is 0 Å². The maximum absolute atomic E-state index is 8.92. The molecule has 5 N–H and O–H groups in total. The van der Waals surface area contributed by atoms with Gasteiger partial charge >= 0.3 is 0 Å². The highest BCUT2D eigenvalue weighted by Crippen LogP contribution is 2.24. The van der Waals surface area contributed by atoms with E-state index in [9.17, 15) is 0 Å². The van der Waals surface area contributed by atoms with Crippen LogP contribution in [0.2, 0.25) is 5.02 Å². The Hall–Kier alpha value is -1.72. The number of rotatable bonds is 3. The van der Waals surface area contributed by atoms with Gasteiger partial charge in [0.05, 0.1) is 5.69 Å². The van der Waals surface area contributed by atoms with E-state index in [4.69, 9.17) is 28.2 Å². The van der Waals surface area contributed by atoms with Crippen molar-refractivity contribution in [3.63, 3.8) is 0 Å². The molecule has 0 atom stereocenters. The van der Waals surface area contributed by atoms with Crippen LogP contribution in [0.4, 0.5) is 11.6 Å². The summed E-state index contributed by atoms with van der Waals surface area (Å²) < 4.78 is 1.52. The van der Waals surface area contributed by atoms with Crippen molar-refractivity contribution in [3.05, 3.63) is 34.9 Å². The molecule has 2 aromatic rings. The Labute approximate surface area is 104 Å². The quantitative estimate of drug-likeness (QED) is 0.766. The van der Waals surface area contributed by atoms with E-state index in [1.165, 1.54) is 4.68 Å². The summed E-state index contributed by atoms with van der Waals surface area (Å²) in [5, 5.41) is 13.7. The molecule has 1 aromatic heterocycles. The molecule has 0 radical (unpaired) electrons. The van der Waals surface area contributed by atoms with E-state index >= 15 is 0 Å². The van der Waals surface area contributed by atoms with Crippen LogP contribution < -0.4 is 11.5 Å². The molecule has 0 bridgehead atoms. The highest BCUT2D eigenvalue weighted by molar-refractivity contribution is 6.30. The summed E-state index contributed by atoms with van der Waals surface area (Å²) in [4.78, 5) is 0. The number of aromatic nitrogens is 2. The third-order valence-electron chi connectivity index (χ3n) is 2.47. The normalized spacial score (nSPS) is 10.7.